The van der Waals surface area contributed by atoms with E-state index in [1.54, 1.807) is 0 Å². The Morgan fingerprint density at radius 3 is 2.48 bits per heavy atom. The molecule has 11 heteroatoms. The molecular weight excluding hydrogens is 392 g/mol. The van der Waals surface area contributed by atoms with Crippen LogP contribution < -0.4 is 21.1 Å². The predicted molar refractivity (Wildman–Crippen MR) is 88.3 cm³/mol. The summed E-state index contributed by atoms with van der Waals surface area (Å²) in [7, 11) is 0. The second kappa shape index (κ2) is 8.49. The largest absolute Gasteiger partial charge is 0.545 e. The van der Waals surface area contributed by atoms with Gasteiger partial charge in [-0.15, -0.1) is 0 Å². The lowest BCUT2D eigenvalue weighted by Gasteiger charge is -2.27. The molecule has 1 amide bonds. The SMILES string of the molecule is O=C(CF)N[C@@H](NC(=S)Nc1cccc(C(=O)[O-])c1)C(Cl)(Cl)Cl. The summed E-state index contributed by atoms with van der Waals surface area (Å²) < 4.78 is 10.2. The fourth-order valence-corrected chi connectivity index (χ4v) is 1.98. The fourth-order valence-electron chi connectivity index (χ4n) is 1.42. The van der Waals surface area contributed by atoms with Gasteiger partial charge in [0.05, 0.1) is 5.97 Å². The molecule has 0 aliphatic rings. The van der Waals surface area contributed by atoms with Crippen molar-refractivity contribution < 1.29 is 19.1 Å². The summed E-state index contributed by atoms with van der Waals surface area (Å²) in [6.07, 6.45) is -1.31. The molecule has 126 valence electrons. The minimum absolute atomic E-state index is 0.0681. The van der Waals surface area contributed by atoms with E-state index in [0.717, 1.165) is 0 Å². The Balaban J connectivity index is 2.77. The van der Waals surface area contributed by atoms with Gasteiger partial charge < -0.3 is 25.9 Å². The summed E-state index contributed by atoms with van der Waals surface area (Å²) in [5.41, 5.74) is 0.255. The van der Waals surface area contributed by atoms with Crippen LogP contribution in [-0.4, -0.2) is 33.6 Å². The van der Waals surface area contributed by atoms with Crippen molar-refractivity contribution in [2.24, 2.45) is 0 Å². The Morgan fingerprint density at radius 1 is 1.30 bits per heavy atom. The van der Waals surface area contributed by atoms with Crippen LogP contribution in [0.5, 0.6) is 0 Å². The molecule has 0 saturated carbocycles. The van der Waals surface area contributed by atoms with Crippen molar-refractivity contribution in [2.45, 2.75) is 9.96 Å². The maximum absolute atomic E-state index is 12.3. The van der Waals surface area contributed by atoms with Crippen LogP contribution in [-0.2, 0) is 4.79 Å². The first-order chi connectivity index (χ1) is 10.6. The lowest BCUT2D eigenvalue weighted by Crippen LogP contribution is -2.56. The molecule has 0 radical (unpaired) electrons. The Kier molecular flexibility index (Phi) is 7.27. The van der Waals surface area contributed by atoms with Gasteiger partial charge in [-0.3, -0.25) is 4.79 Å². The molecule has 23 heavy (non-hydrogen) atoms. The number of amides is 1. The Bertz CT molecular complexity index is 613. The van der Waals surface area contributed by atoms with Gasteiger partial charge in [-0.05, 0) is 29.9 Å². The maximum Gasteiger partial charge on any atom is 0.253 e. The number of carbonyl (C=O) groups is 2. The number of carbonyl (C=O) groups excluding carboxylic acids is 2. The van der Waals surface area contributed by atoms with Gasteiger partial charge in [-0.25, -0.2) is 4.39 Å². The molecule has 3 N–H and O–H groups in total. The summed E-state index contributed by atoms with van der Waals surface area (Å²) in [5, 5.41) is 17.9. The molecule has 0 aliphatic carbocycles. The number of carboxylic acid groups (broad SMARTS) is 1. The lowest BCUT2D eigenvalue weighted by atomic mass is 10.2. The van der Waals surface area contributed by atoms with E-state index in [4.69, 9.17) is 47.0 Å². The van der Waals surface area contributed by atoms with Gasteiger partial charge in [-0.2, -0.15) is 0 Å². The average Bonchev–Trinajstić information content (AvgIpc) is 2.45. The van der Waals surface area contributed by atoms with Crippen molar-refractivity contribution in [2.75, 3.05) is 12.0 Å². The Hall–Kier alpha value is -1.35. The number of benzene rings is 1. The number of anilines is 1. The quantitative estimate of drug-likeness (QED) is 0.389. The number of rotatable bonds is 5. The van der Waals surface area contributed by atoms with E-state index in [1.165, 1.54) is 24.3 Å². The second-order valence-corrected chi connectivity index (χ2v) is 6.92. The molecule has 6 nitrogen and oxygen atoms in total. The average molecular weight is 402 g/mol. The van der Waals surface area contributed by atoms with Gasteiger partial charge in [0.1, 0.15) is 6.17 Å². The highest BCUT2D eigenvalue weighted by Crippen LogP contribution is 2.29. The summed E-state index contributed by atoms with van der Waals surface area (Å²) >= 11 is 22.0. The minimum Gasteiger partial charge on any atom is -0.545 e. The van der Waals surface area contributed by atoms with Gasteiger partial charge in [0.25, 0.3) is 5.91 Å². The molecule has 0 aliphatic heterocycles. The zero-order valence-electron chi connectivity index (χ0n) is 11.2. The van der Waals surface area contributed by atoms with E-state index in [9.17, 15) is 19.1 Å². The van der Waals surface area contributed by atoms with E-state index >= 15 is 0 Å². The maximum atomic E-state index is 12.3. The number of hydrogen-bond acceptors (Lipinski definition) is 4. The smallest absolute Gasteiger partial charge is 0.253 e. The fraction of sp³-hybridized carbons (Fsp3) is 0.250. The van der Waals surface area contributed by atoms with Crippen molar-refractivity contribution >= 4 is 69.7 Å². The Labute approximate surface area is 151 Å². The monoisotopic (exact) mass is 400 g/mol. The third-order valence-corrected chi connectivity index (χ3v) is 3.26. The van der Waals surface area contributed by atoms with Gasteiger partial charge in [0, 0.05) is 5.69 Å². The molecule has 0 spiro atoms. The van der Waals surface area contributed by atoms with Crippen LogP contribution in [0, 0.1) is 0 Å². The molecule has 1 aromatic rings. The number of thiocarbonyl (C=S) groups is 1. The number of carboxylic acids is 1. The van der Waals surface area contributed by atoms with Gasteiger partial charge >= 0.3 is 0 Å². The van der Waals surface area contributed by atoms with Crippen LogP contribution in [0.25, 0.3) is 0 Å². The van der Waals surface area contributed by atoms with Crippen molar-refractivity contribution in [3.63, 3.8) is 0 Å². The molecule has 0 bridgehead atoms. The molecule has 0 heterocycles. The predicted octanol–water partition coefficient (Wildman–Crippen LogP) is 1.12. The van der Waals surface area contributed by atoms with Crippen molar-refractivity contribution in [1.82, 2.24) is 10.6 Å². The number of halogens is 4. The van der Waals surface area contributed by atoms with Crippen molar-refractivity contribution in [3.8, 4) is 0 Å². The molecule has 0 aromatic heterocycles. The normalized spacial score (nSPS) is 12.2. The van der Waals surface area contributed by atoms with Gasteiger partial charge in [0.2, 0.25) is 3.79 Å². The van der Waals surface area contributed by atoms with E-state index in [2.05, 4.69) is 16.0 Å². The number of alkyl halides is 4. The van der Waals surface area contributed by atoms with Crippen molar-refractivity contribution in [3.05, 3.63) is 29.8 Å². The highest BCUT2D eigenvalue weighted by atomic mass is 35.6. The molecular formula is C12H10Cl3FN3O3S-. The summed E-state index contributed by atoms with van der Waals surface area (Å²) in [6, 6.07) is 5.61. The number of hydrogen-bond donors (Lipinski definition) is 3. The summed E-state index contributed by atoms with van der Waals surface area (Å²) in [6.45, 7) is -1.30. The third-order valence-electron chi connectivity index (χ3n) is 2.39. The van der Waals surface area contributed by atoms with E-state index in [-0.39, 0.29) is 10.7 Å². The zero-order valence-corrected chi connectivity index (χ0v) is 14.3. The van der Waals surface area contributed by atoms with E-state index in [1.807, 2.05) is 0 Å². The minimum atomic E-state index is -2.01. The topological polar surface area (TPSA) is 93.3 Å². The molecule has 1 aromatic carbocycles. The molecule has 1 atom stereocenters. The summed E-state index contributed by atoms with van der Waals surface area (Å²) in [5.74, 6) is -2.36. The number of nitrogens with one attached hydrogen (secondary N) is 3. The Morgan fingerprint density at radius 2 is 1.96 bits per heavy atom. The molecule has 1 rings (SSSR count). The number of aromatic carboxylic acids is 1. The van der Waals surface area contributed by atoms with Crippen molar-refractivity contribution in [1.29, 1.82) is 0 Å². The zero-order chi connectivity index (χ0) is 17.6. The van der Waals surface area contributed by atoms with Crippen LogP contribution >= 0.6 is 47.0 Å². The highest BCUT2D eigenvalue weighted by molar-refractivity contribution is 7.80. The lowest BCUT2D eigenvalue weighted by molar-refractivity contribution is -0.255. The van der Waals surface area contributed by atoms with Crippen LogP contribution in [0.4, 0.5) is 10.1 Å². The first-order valence-corrected chi connectivity index (χ1v) is 7.48. The van der Waals surface area contributed by atoms with Crippen LogP contribution in [0.15, 0.2) is 24.3 Å². The third kappa shape index (κ3) is 6.74. The van der Waals surface area contributed by atoms with E-state index in [0.29, 0.717) is 5.69 Å². The summed E-state index contributed by atoms with van der Waals surface area (Å²) in [4.78, 5) is 21.9. The van der Waals surface area contributed by atoms with Crippen LogP contribution in [0.2, 0.25) is 0 Å². The van der Waals surface area contributed by atoms with Crippen LogP contribution in [0.1, 0.15) is 10.4 Å². The molecule has 0 unspecified atom stereocenters. The first kappa shape index (κ1) is 19.7. The standard InChI is InChI=1S/C12H11Cl3FN3O3S/c13-12(14,15)10(18-8(20)5-16)19-11(23)17-7-3-1-2-6(4-7)9(21)22/h1-4,10H,5H2,(H,18,20)(H,21,22)(H2,17,19,23)/p-1/t10-/m0/s1. The molecule has 0 fully saturated rings. The molecule has 0 saturated heterocycles. The van der Waals surface area contributed by atoms with Gasteiger partial charge in [0.15, 0.2) is 11.8 Å². The van der Waals surface area contributed by atoms with Gasteiger partial charge in [-0.1, -0.05) is 46.9 Å². The van der Waals surface area contributed by atoms with Crippen LogP contribution in [0.3, 0.4) is 0 Å². The first-order valence-electron chi connectivity index (χ1n) is 5.94. The van der Waals surface area contributed by atoms with E-state index < -0.39 is 28.5 Å². The highest BCUT2D eigenvalue weighted by Gasteiger charge is 2.34. The second-order valence-electron chi connectivity index (χ2n) is 4.14.